The molecule has 0 radical (unpaired) electrons. The van der Waals surface area contributed by atoms with Gasteiger partial charge in [0.05, 0.1) is 10.8 Å². The van der Waals surface area contributed by atoms with Crippen LogP contribution >= 0.6 is 23.2 Å². The van der Waals surface area contributed by atoms with Gasteiger partial charge in [-0.05, 0) is 12.8 Å². The molecule has 1 unspecified atom stereocenters. The van der Waals surface area contributed by atoms with Gasteiger partial charge in [0.1, 0.15) is 0 Å². The summed E-state index contributed by atoms with van der Waals surface area (Å²) in [6, 6.07) is 0. The van der Waals surface area contributed by atoms with Crippen molar-refractivity contribution in [1.29, 1.82) is 0 Å². The number of rotatable bonds is 6. The van der Waals surface area contributed by atoms with Gasteiger partial charge < -0.3 is 0 Å². The predicted octanol–water partition coefficient (Wildman–Crippen LogP) is 3.47. The normalized spacial score (nSPS) is 14.7. The molecule has 0 amide bonds. The molecule has 0 aliphatic carbocycles. The molecule has 0 aromatic rings. The zero-order chi connectivity index (χ0) is 9.61. The third-order valence-electron chi connectivity index (χ3n) is 1.56. The SMILES string of the molecule is CCCCS(=O)C(Cl)(Cl)CCC. The van der Waals surface area contributed by atoms with E-state index >= 15 is 0 Å². The molecule has 0 bridgehead atoms. The smallest absolute Gasteiger partial charge is 0.191 e. The fourth-order valence-electron chi connectivity index (χ4n) is 0.830. The monoisotopic (exact) mass is 230 g/mol. The van der Waals surface area contributed by atoms with E-state index < -0.39 is 14.5 Å². The number of alkyl halides is 2. The van der Waals surface area contributed by atoms with E-state index in [-0.39, 0.29) is 0 Å². The number of hydrogen-bond acceptors (Lipinski definition) is 1. The minimum atomic E-state index is -1.10. The lowest BCUT2D eigenvalue weighted by molar-refractivity contribution is 0.666. The Hall–Kier alpha value is 0.730. The van der Waals surface area contributed by atoms with Gasteiger partial charge in [0.25, 0.3) is 0 Å². The minimum absolute atomic E-state index is 0.604. The van der Waals surface area contributed by atoms with Crippen molar-refractivity contribution in [1.82, 2.24) is 0 Å². The van der Waals surface area contributed by atoms with E-state index in [1.807, 2.05) is 6.92 Å². The lowest BCUT2D eigenvalue weighted by Crippen LogP contribution is -2.22. The second-order valence-corrected chi connectivity index (χ2v) is 6.52. The Balaban J connectivity index is 3.88. The highest BCUT2D eigenvalue weighted by Gasteiger charge is 2.29. The molecule has 0 aromatic carbocycles. The predicted molar refractivity (Wildman–Crippen MR) is 57.3 cm³/mol. The van der Waals surface area contributed by atoms with Gasteiger partial charge >= 0.3 is 0 Å². The molecule has 0 heterocycles. The Morgan fingerprint density at radius 1 is 1.25 bits per heavy atom. The summed E-state index contributed by atoms with van der Waals surface area (Å²) in [5, 5.41) is 0. The van der Waals surface area contributed by atoms with Crippen molar-refractivity contribution in [2.24, 2.45) is 0 Å². The van der Waals surface area contributed by atoms with Gasteiger partial charge in [0.15, 0.2) is 3.67 Å². The van der Waals surface area contributed by atoms with Crippen LogP contribution in [0.5, 0.6) is 0 Å². The molecule has 0 rings (SSSR count). The third kappa shape index (κ3) is 4.68. The standard InChI is InChI=1S/C8H16Cl2OS/c1-3-5-7-12(11)8(9,10)6-4-2/h3-7H2,1-2H3. The summed E-state index contributed by atoms with van der Waals surface area (Å²) < 4.78 is 10.4. The first-order chi connectivity index (χ1) is 5.54. The molecular weight excluding hydrogens is 215 g/mol. The second kappa shape index (κ2) is 6.22. The van der Waals surface area contributed by atoms with E-state index in [0.717, 1.165) is 19.3 Å². The molecule has 4 heteroatoms. The average Bonchev–Trinajstić information content (AvgIpc) is 2.00. The van der Waals surface area contributed by atoms with Gasteiger partial charge in [-0.3, -0.25) is 4.21 Å². The summed E-state index contributed by atoms with van der Waals surface area (Å²) in [6.07, 6.45) is 3.43. The second-order valence-electron chi connectivity index (χ2n) is 2.79. The van der Waals surface area contributed by atoms with E-state index in [2.05, 4.69) is 6.92 Å². The van der Waals surface area contributed by atoms with Crippen LogP contribution in [0.3, 0.4) is 0 Å². The van der Waals surface area contributed by atoms with Crippen LogP contribution in [0.25, 0.3) is 0 Å². The first kappa shape index (κ1) is 12.7. The topological polar surface area (TPSA) is 17.1 Å². The largest absolute Gasteiger partial charge is 0.256 e. The van der Waals surface area contributed by atoms with Crippen molar-refractivity contribution in [3.05, 3.63) is 0 Å². The lowest BCUT2D eigenvalue weighted by atomic mass is 10.4. The molecule has 0 spiro atoms. The Bertz CT molecular complexity index is 148. The van der Waals surface area contributed by atoms with Crippen molar-refractivity contribution >= 4 is 34.0 Å². The summed E-state index contributed by atoms with van der Waals surface area (Å²) in [6.45, 7) is 4.04. The molecule has 0 N–H and O–H groups in total. The molecule has 0 saturated heterocycles. The lowest BCUT2D eigenvalue weighted by Gasteiger charge is -2.17. The van der Waals surface area contributed by atoms with Crippen LogP contribution in [0.15, 0.2) is 0 Å². The van der Waals surface area contributed by atoms with Crippen molar-refractivity contribution in [2.75, 3.05) is 5.75 Å². The summed E-state index contributed by atoms with van der Waals surface area (Å²) in [5.74, 6) is 0.615. The molecule has 0 aliphatic rings. The molecule has 0 saturated carbocycles. The van der Waals surface area contributed by atoms with Crippen LogP contribution in [-0.2, 0) is 10.8 Å². The van der Waals surface area contributed by atoms with E-state index in [9.17, 15) is 4.21 Å². The molecule has 0 aliphatic heterocycles. The summed E-state index contributed by atoms with van der Waals surface area (Å²) in [5.41, 5.74) is 0. The maximum atomic E-state index is 11.5. The maximum absolute atomic E-state index is 11.5. The zero-order valence-electron chi connectivity index (χ0n) is 7.61. The number of unbranched alkanes of at least 4 members (excludes halogenated alkanes) is 1. The zero-order valence-corrected chi connectivity index (χ0v) is 9.94. The molecule has 1 atom stereocenters. The third-order valence-corrected chi connectivity index (χ3v) is 4.50. The highest BCUT2D eigenvalue weighted by atomic mass is 35.5. The highest BCUT2D eigenvalue weighted by molar-refractivity contribution is 7.89. The van der Waals surface area contributed by atoms with Crippen molar-refractivity contribution < 1.29 is 4.21 Å². The van der Waals surface area contributed by atoms with E-state index in [1.54, 1.807) is 0 Å². The minimum Gasteiger partial charge on any atom is -0.256 e. The fourth-order valence-corrected chi connectivity index (χ4v) is 2.95. The van der Waals surface area contributed by atoms with Crippen molar-refractivity contribution in [2.45, 2.75) is 43.2 Å². The quantitative estimate of drug-likeness (QED) is 0.640. The Labute approximate surface area is 87.3 Å². The number of halogens is 2. The molecular formula is C8H16Cl2OS. The maximum Gasteiger partial charge on any atom is 0.191 e. The Morgan fingerprint density at radius 2 is 1.83 bits per heavy atom. The van der Waals surface area contributed by atoms with Gasteiger partial charge in [0, 0.05) is 5.75 Å². The fraction of sp³-hybridized carbons (Fsp3) is 1.00. The van der Waals surface area contributed by atoms with Gasteiger partial charge in [0.2, 0.25) is 0 Å². The number of hydrogen-bond donors (Lipinski definition) is 0. The highest BCUT2D eigenvalue weighted by Crippen LogP contribution is 2.31. The van der Waals surface area contributed by atoms with Crippen LogP contribution in [0.2, 0.25) is 0 Å². The van der Waals surface area contributed by atoms with Crippen LogP contribution < -0.4 is 0 Å². The van der Waals surface area contributed by atoms with E-state index in [0.29, 0.717) is 12.2 Å². The molecule has 74 valence electrons. The average molecular weight is 231 g/mol. The summed E-state index contributed by atoms with van der Waals surface area (Å²) in [7, 11) is -1.10. The van der Waals surface area contributed by atoms with Crippen LogP contribution in [0.4, 0.5) is 0 Å². The summed E-state index contributed by atoms with van der Waals surface area (Å²) >= 11 is 11.8. The molecule has 0 fully saturated rings. The Kier molecular flexibility index (Phi) is 6.60. The van der Waals surface area contributed by atoms with Gasteiger partial charge in [-0.25, -0.2) is 0 Å². The van der Waals surface area contributed by atoms with Crippen molar-refractivity contribution in [3.8, 4) is 0 Å². The first-order valence-corrected chi connectivity index (χ1v) is 6.38. The van der Waals surface area contributed by atoms with Gasteiger partial charge in [-0.15, -0.1) is 0 Å². The molecule has 0 aromatic heterocycles. The van der Waals surface area contributed by atoms with Crippen LogP contribution in [0.1, 0.15) is 39.5 Å². The van der Waals surface area contributed by atoms with E-state index in [1.165, 1.54) is 0 Å². The first-order valence-electron chi connectivity index (χ1n) is 4.31. The van der Waals surface area contributed by atoms with Gasteiger partial charge in [-0.2, -0.15) is 0 Å². The Morgan fingerprint density at radius 3 is 2.25 bits per heavy atom. The van der Waals surface area contributed by atoms with Crippen LogP contribution in [-0.4, -0.2) is 13.6 Å². The van der Waals surface area contributed by atoms with E-state index in [4.69, 9.17) is 23.2 Å². The van der Waals surface area contributed by atoms with Crippen molar-refractivity contribution in [3.63, 3.8) is 0 Å². The molecule has 1 nitrogen and oxygen atoms in total. The molecule has 12 heavy (non-hydrogen) atoms. The van der Waals surface area contributed by atoms with Gasteiger partial charge in [-0.1, -0.05) is 49.9 Å². The summed E-state index contributed by atoms with van der Waals surface area (Å²) in [4.78, 5) is 0. The van der Waals surface area contributed by atoms with Crippen LogP contribution in [0, 0.1) is 0 Å².